The van der Waals surface area contributed by atoms with Gasteiger partial charge in [0.2, 0.25) is 0 Å². The van der Waals surface area contributed by atoms with Crippen LogP contribution in [-0.4, -0.2) is 47.0 Å². The molecule has 3 aromatic rings. The largest absolute Gasteiger partial charge is 0.459 e. The smallest absolute Gasteiger partial charge is 0.289 e. The van der Waals surface area contributed by atoms with Gasteiger partial charge in [-0.2, -0.15) is 0 Å². The molecule has 2 aromatic heterocycles. The second-order valence-electron chi connectivity index (χ2n) is 8.55. The van der Waals surface area contributed by atoms with Crippen molar-refractivity contribution in [2.75, 3.05) is 31.1 Å². The van der Waals surface area contributed by atoms with E-state index in [4.69, 9.17) is 14.4 Å². The molecule has 3 heterocycles. The van der Waals surface area contributed by atoms with Crippen molar-refractivity contribution in [1.82, 2.24) is 14.9 Å². The first-order valence-electron chi connectivity index (χ1n) is 10.9. The van der Waals surface area contributed by atoms with Crippen LogP contribution in [0.15, 0.2) is 47.1 Å². The Kier molecular flexibility index (Phi) is 6.07. The van der Waals surface area contributed by atoms with Crippen LogP contribution in [0, 0.1) is 13.8 Å². The zero-order valence-corrected chi connectivity index (χ0v) is 18.8. The highest BCUT2D eigenvalue weighted by Gasteiger charge is 2.27. The van der Waals surface area contributed by atoms with E-state index >= 15 is 0 Å². The Morgan fingerprint density at radius 1 is 1.06 bits per heavy atom. The van der Waals surface area contributed by atoms with Gasteiger partial charge in [0.1, 0.15) is 11.6 Å². The van der Waals surface area contributed by atoms with E-state index in [-0.39, 0.29) is 11.8 Å². The highest BCUT2D eigenvalue weighted by molar-refractivity contribution is 5.91. The van der Waals surface area contributed by atoms with Gasteiger partial charge in [0, 0.05) is 49.8 Å². The summed E-state index contributed by atoms with van der Waals surface area (Å²) in [5.41, 5.74) is 4.71. The fourth-order valence-corrected chi connectivity index (χ4v) is 4.03. The Labute approximate surface area is 183 Å². The van der Waals surface area contributed by atoms with Crippen molar-refractivity contribution in [3.8, 4) is 0 Å². The number of carbonyl (C=O) groups excluding carboxylic acids is 1. The number of benzene rings is 1. The Morgan fingerprint density at radius 2 is 1.84 bits per heavy atom. The normalized spacial score (nSPS) is 14.4. The number of hydrogen-bond donors (Lipinski definition) is 0. The third-order valence-electron chi connectivity index (χ3n) is 5.79. The van der Waals surface area contributed by atoms with E-state index in [1.807, 2.05) is 4.90 Å². The molecule has 1 fully saturated rings. The molecule has 6 heteroatoms. The molecule has 0 atom stereocenters. The van der Waals surface area contributed by atoms with E-state index in [1.165, 1.54) is 23.0 Å². The van der Waals surface area contributed by atoms with Crippen LogP contribution in [0.25, 0.3) is 0 Å². The summed E-state index contributed by atoms with van der Waals surface area (Å²) in [6.45, 7) is 11.2. The van der Waals surface area contributed by atoms with Gasteiger partial charge in [-0.1, -0.05) is 43.7 Å². The van der Waals surface area contributed by atoms with Crippen molar-refractivity contribution >= 4 is 11.7 Å². The van der Waals surface area contributed by atoms with Crippen LogP contribution in [0.5, 0.6) is 0 Å². The minimum Gasteiger partial charge on any atom is -0.459 e. The summed E-state index contributed by atoms with van der Waals surface area (Å²) < 4.78 is 5.29. The highest BCUT2D eigenvalue weighted by Crippen LogP contribution is 2.27. The molecule has 6 nitrogen and oxygen atoms in total. The fourth-order valence-electron chi connectivity index (χ4n) is 4.03. The second-order valence-corrected chi connectivity index (χ2v) is 8.55. The lowest BCUT2D eigenvalue weighted by molar-refractivity contribution is 0.0714. The van der Waals surface area contributed by atoms with Crippen molar-refractivity contribution in [1.29, 1.82) is 0 Å². The van der Waals surface area contributed by atoms with E-state index in [1.54, 1.807) is 12.1 Å². The molecule has 1 aromatic carbocycles. The van der Waals surface area contributed by atoms with Crippen LogP contribution in [0.2, 0.25) is 0 Å². The number of aromatic nitrogens is 2. The van der Waals surface area contributed by atoms with E-state index < -0.39 is 0 Å². The van der Waals surface area contributed by atoms with E-state index in [9.17, 15) is 4.79 Å². The molecule has 1 aliphatic rings. The molecule has 0 aliphatic carbocycles. The van der Waals surface area contributed by atoms with Crippen LogP contribution in [-0.2, 0) is 6.42 Å². The molecule has 0 N–H and O–H groups in total. The minimum absolute atomic E-state index is 0.0497. The third-order valence-corrected chi connectivity index (χ3v) is 5.79. The van der Waals surface area contributed by atoms with Gasteiger partial charge >= 0.3 is 0 Å². The van der Waals surface area contributed by atoms with Gasteiger partial charge in [-0.25, -0.2) is 9.97 Å². The van der Waals surface area contributed by atoms with Gasteiger partial charge in [-0.05, 0) is 31.5 Å². The predicted octanol–water partition coefficient (Wildman–Crippen LogP) is 4.36. The number of hydrogen-bond acceptors (Lipinski definition) is 5. The van der Waals surface area contributed by atoms with Crippen LogP contribution >= 0.6 is 0 Å². The number of piperazine rings is 1. The lowest BCUT2D eigenvalue weighted by Gasteiger charge is -2.36. The molecular formula is C25H30N4O2. The SMILES string of the molecule is Cc1cccc(Cc2c(C)nc(C(C)C)nc2N2CCN(C(=O)c3ccco3)CC2)c1. The summed E-state index contributed by atoms with van der Waals surface area (Å²) in [6.07, 6.45) is 2.34. The van der Waals surface area contributed by atoms with Gasteiger partial charge in [-0.15, -0.1) is 0 Å². The zero-order valence-electron chi connectivity index (χ0n) is 18.8. The summed E-state index contributed by atoms with van der Waals surface area (Å²) in [6, 6.07) is 12.1. The number of furan rings is 1. The van der Waals surface area contributed by atoms with Crippen LogP contribution in [0.4, 0.5) is 5.82 Å². The molecular weight excluding hydrogens is 388 g/mol. The maximum absolute atomic E-state index is 12.6. The Morgan fingerprint density at radius 3 is 2.48 bits per heavy atom. The van der Waals surface area contributed by atoms with Gasteiger partial charge in [0.25, 0.3) is 5.91 Å². The van der Waals surface area contributed by atoms with E-state index in [0.29, 0.717) is 18.8 Å². The lowest BCUT2D eigenvalue weighted by atomic mass is 10.0. The summed E-state index contributed by atoms with van der Waals surface area (Å²) in [5, 5.41) is 0. The molecule has 1 saturated heterocycles. The predicted molar refractivity (Wildman–Crippen MR) is 122 cm³/mol. The summed E-state index contributed by atoms with van der Waals surface area (Å²) in [4.78, 5) is 26.6. The second kappa shape index (κ2) is 8.92. The maximum Gasteiger partial charge on any atom is 0.289 e. The molecule has 1 aliphatic heterocycles. The first-order chi connectivity index (χ1) is 14.9. The number of rotatable bonds is 5. The Bertz CT molecular complexity index is 1050. The first-order valence-corrected chi connectivity index (χ1v) is 10.9. The molecule has 0 saturated carbocycles. The van der Waals surface area contributed by atoms with Crippen molar-refractivity contribution in [2.45, 2.75) is 40.0 Å². The van der Waals surface area contributed by atoms with E-state index in [0.717, 1.165) is 36.8 Å². The van der Waals surface area contributed by atoms with Crippen molar-refractivity contribution in [2.24, 2.45) is 0 Å². The number of anilines is 1. The summed E-state index contributed by atoms with van der Waals surface area (Å²) in [7, 11) is 0. The number of amides is 1. The van der Waals surface area contributed by atoms with Crippen molar-refractivity contribution in [3.63, 3.8) is 0 Å². The molecule has 0 radical (unpaired) electrons. The Hall–Kier alpha value is -3.15. The average molecular weight is 419 g/mol. The molecule has 0 bridgehead atoms. The monoisotopic (exact) mass is 418 g/mol. The van der Waals surface area contributed by atoms with Gasteiger partial charge in [0.15, 0.2) is 5.76 Å². The summed E-state index contributed by atoms with van der Waals surface area (Å²) in [5.74, 6) is 2.48. The number of nitrogens with zero attached hydrogens (tertiary/aromatic N) is 4. The minimum atomic E-state index is -0.0497. The first kappa shape index (κ1) is 21.1. The van der Waals surface area contributed by atoms with Gasteiger partial charge < -0.3 is 14.2 Å². The van der Waals surface area contributed by atoms with Crippen molar-refractivity contribution in [3.05, 3.63) is 76.6 Å². The van der Waals surface area contributed by atoms with Gasteiger partial charge in [0.05, 0.1) is 6.26 Å². The maximum atomic E-state index is 12.6. The quantitative estimate of drug-likeness (QED) is 0.616. The highest BCUT2D eigenvalue weighted by atomic mass is 16.3. The van der Waals surface area contributed by atoms with E-state index in [2.05, 4.69) is 56.9 Å². The van der Waals surface area contributed by atoms with Crippen LogP contribution in [0.1, 0.15) is 58.5 Å². The number of aryl methyl sites for hydroxylation is 2. The molecule has 0 spiro atoms. The average Bonchev–Trinajstić information content (AvgIpc) is 3.29. The van der Waals surface area contributed by atoms with Crippen LogP contribution in [0.3, 0.4) is 0 Å². The fraction of sp³-hybridized carbons (Fsp3) is 0.400. The zero-order chi connectivity index (χ0) is 22.0. The van der Waals surface area contributed by atoms with Crippen LogP contribution < -0.4 is 4.90 Å². The topological polar surface area (TPSA) is 62.5 Å². The Balaban J connectivity index is 1.59. The standard InChI is InChI=1S/C25H30N4O2/c1-17(2)23-26-19(4)21(16-20-8-5-7-18(3)15-20)24(27-23)28-10-12-29(13-11-28)25(30)22-9-6-14-31-22/h5-9,14-15,17H,10-13,16H2,1-4H3. The molecule has 31 heavy (non-hydrogen) atoms. The van der Waals surface area contributed by atoms with Crippen molar-refractivity contribution < 1.29 is 9.21 Å². The lowest BCUT2D eigenvalue weighted by Crippen LogP contribution is -2.49. The molecule has 162 valence electrons. The molecule has 4 rings (SSSR count). The third kappa shape index (κ3) is 4.63. The van der Waals surface area contributed by atoms with Gasteiger partial charge in [-0.3, -0.25) is 4.79 Å². The summed E-state index contributed by atoms with van der Waals surface area (Å²) >= 11 is 0. The number of carbonyl (C=O) groups is 1. The molecule has 0 unspecified atom stereocenters. The molecule has 1 amide bonds.